The van der Waals surface area contributed by atoms with Gasteiger partial charge in [-0.25, -0.2) is 0 Å². The van der Waals surface area contributed by atoms with Gasteiger partial charge in [-0.3, -0.25) is 4.79 Å². The molecule has 5 nitrogen and oxygen atoms in total. The highest BCUT2D eigenvalue weighted by molar-refractivity contribution is 5.93. The van der Waals surface area contributed by atoms with Crippen LogP contribution in [0.5, 0.6) is 0 Å². The number of nitrogens with one attached hydrogen (secondary N) is 1. The fraction of sp³-hybridized carbons (Fsp3) is 0.222. The second kappa shape index (κ2) is 4.94. The Hall–Kier alpha value is -1.93. The first kappa shape index (κ1) is 10.2. The topological polar surface area (TPSA) is 80.9 Å². The Morgan fingerprint density at radius 3 is 3.14 bits per heavy atom. The van der Waals surface area contributed by atoms with Crippen molar-refractivity contribution in [1.82, 2.24) is 10.2 Å². The Balaban J connectivity index is 2.54. The maximum Gasteiger partial charge on any atom is 0.243 e. The smallest absolute Gasteiger partial charge is 0.243 e. The van der Waals surface area contributed by atoms with Crippen LogP contribution in [0, 0.1) is 12.3 Å². The van der Waals surface area contributed by atoms with E-state index in [9.17, 15) is 4.79 Å². The summed E-state index contributed by atoms with van der Waals surface area (Å²) >= 11 is 0. The van der Waals surface area contributed by atoms with E-state index in [2.05, 4.69) is 21.4 Å². The van der Waals surface area contributed by atoms with Crippen LogP contribution in [-0.4, -0.2) is 22.1 Å². The molecule has 0 spiro atoms. The number of terminal acetylenes is 1. The van der Waals surface area contributed by atoms with Gasteiger partial charge >= 0.3 is 0 Å². The maximum absolute atomic E-state index is 11.3. The third-order valence-corrected chi connectivity index (χ3v) is 1.50. The SMILES string of the molecule is C#CCC(N)C(=O)Nc1cccnn1. The van der Waals surface area contributed by atoms with E-state index in [0.29, 0.717) is 5.82 Å². The molecule has 5 heteroatoms. The number of carbonyl (C=O) groups excluding carboxylic acids is 1. The van der Waals surface area contributed by atoms with Crippen LogP contribution in [0.3, 0.4) is 0 Å². The molecule has 0 fully saturated rings. The van der Waals surface area contributed by atoms with E-state index in [1.165, 1.54) is 6.20 Å². The van der Waals surface area contributed by atoms with Crippen molar-refractivity contribution in [3.05, 3.63) is 18.3 Å². The van der Waals surface area contributed by atoms with Crippen molar-refractivity contribution in [1.29, 1.82) is 0 Å². The van der Waals surface area contributed by atoms with Crippen LogP contribution in [0.2, 0.25) is 0 Å². The molecule has 0 aliphatic carbocycles. The van der Waals surface area contributed by atoms with Crippen LogP contribution in [0.1, 0.15) is 6.42 Å². The zero-order valence-corrected chi connectivity index (χ0v) is 7.47. The van der Waals surface area contributed by atoms with E-state index in [4.69, 9.17) is 12.2 Å². The predicted molar refractivity (Wildman–Crippen MR) is 52.1 cm³/mol. The summed E-state index contributed by atoms with van der Waals surface area (Å²) in [6.45, 7) is 0. The van der Waals surface area contributed by atoms with E-state index in [1.807, 2.05) is 0 Å². The normalized spacial score (nSPS) is 11.4. The quantitative estimate of drug-likeness (QED) is 0.645. The van der Waals surface area contributed by atoms with E-state index < -0.39 is 6.04 Å². The maximum atomic E-state index is 11.3. The number of nitrogens with zero attached hydrogens (tertiary/aromatic N) is 2. The average molecular weight is 190 g/mol. The van der Waals surface area contributed by atoms with Crippen molar-refractivity contribution < 1.29 is 4.79 Å². The van der Waals surface area contributed by atoms with Crippen LogP contribution >= 0.6 is 0 Å². The Morgan fingerprint density at radius 1 is 1.79 bits per heavy atom. The Kier molecular flexibility index (Phi) is 3.58. The van der Waals surface area contributed by atoms with Gasteiger partial charge in [0.15, 0.2) is 5.82 Å². The number of carbonyl (C=O) groups is 1. The number of anilines is 1. The second-order valence-electron chi connectivity index (χ2n) is 2.61. The lowest BCUT2D eigenvalue weighted by atomic mass is 10.2. The summed E-state index contributed by atoms with van der Waals surface area (Å²) in [5, 5.41) is 9.76. The number of hydrogen-bond acceptors (Lipinski definition) is 4. The summed E-state index contributed by atoms with van der Waals surface area (Å²) in [5.41, 5.74) is 5.47. The van der Waals surface area contributed by atoms with Gasteiger partial charge in [0, 0.05) is 12.6 Å². The minimum absolute atomic E-state index is 0.200. The lowest BCUT2D eigenvalue weighted by Crippen LogP contribution is -2.35. The van der Waals surface area contributed by atoms with Crippen LogP contribution in [0.4, 0.5) is 5.82 Å². The molecule has 72 valence electrons. The zero-order chi connectivity index (χ0) is 10.4. The molecule has 0 bridgehead atoms. The van der Waals surface area contributed by atoms with Crippen LogP contribution in [-0.2, 0) is 4.79 Å². The Morgan fingerprint density at radius 2 is 2.57 bits per heavy atom. The summed E-state index contributed by atoms with van der Waals surface area (Å²) < 4.78 is 0. The molecule has 1 unspecified atom stereocenters. The molecule has 1 rings (SSSR count). The summed E-state index contributed by atoms with van der Waals surface area (Å²) in [5.74, 6) is 2.32. The van der Waals surface area contributed by atoms with Crippen molar-refractivity contribution >= 4 is 11.7 Å². The second-order valence-corrected chi connectivity index (χ2v) is 2.61. The fourth-order valence-corrected chi connectivity index (χ4v) is 0.807. The number of rotatable bonds is 3. The van der Waals surface area contributed by atoms with Gasteiger partial charge in [-0.2, -0.15) is 5.10 Å². The monoisotopic (exact) mass is 190 g/mol. The molecule has 14 heavy (non-hydrogen) atoms. The minimum Gasteiger partial charge on any atom is -0.319 e. The molecular formula is C9H10N4O. The molecule has 1 atom stereocenters. The largest absolute Gasteiger partial charge is 0.319 e. The van der Waals surface area contributed by atoms with Crippen LogP contribution < -0.4 is 11.1 Å². The molecule has 1 heterocycles. The molecule has 0 saturated heterocycles. The van der Waals surface area contributed by atoms with Gasteiger partial charge in [0.05, 0.1) is 6.04 Å². The standard InChI is InChI=1S/C9H10N4O/c1-2-4-7(10)9(14)12-8-5-3-6-11-13-8/h1,3,5-7H,4,10H2,(H,12,13,14). The average Bonchev–Trinajstić information content (AvgIpc) is 2.19. The van der Waals surface area contributed by atoms with Gasteiger partial charge in [0.1, 0.15) is 0 Å². The first-order valence-electron chi connectivity index (χ1n) is 4.01. The van der Waals surface area contributed by atoms with Gasteiger partial charge in [0.2, 0.25) is 5.91 Å². The van der Waals surface area contributed by atoms with Crippen molar-refractivity contribution in [3.8, 4) is 12.3 Å². The molecule has 1 amide bonds. The van der Waals surface area contributed by atoms with Crippen molar-refractivity contribution in [3.63, 3.8) is 0 Å². The molecule has 1 aromatic heterocycles. The lowest BCUT2D eigenvalue weighted by Gasteiger charge is -2.07. The van der Waals surface area contributed by atoms with Crippen LogP contribution in [0.25, 0.3) is 0 Å². The lowest BCUT2D eigenvalue weighted by molar-refractivity contribution is -0.117. The number of nitrogens with two attached hydrogens (primary N) is 1. The number of amides is 1. The molecule has 0 radical (unpaired) electrons. The minimum atomic E-state index is -0.706. The van der Waals surface area contributed by atoms with Gasteiger partial charge in [-0.05, 0) is 12.1 Å². The number of aromatic nitrogens is 2. The van der Waals surface area contributed by atoms with Gasteiger partial charge in [-0.1, -0.05) is 0 Å². The molecule has 3 N–H and O–H groups in total. The highest BCUT2D eigenvalue weighted by atomic mass is 16.2. The van der Waals surface area contributed by atoms with Gasteiger partial charge in [-0.15, -0.1) is 17.4 Å². The summed E-state index contributed by atoms with van der Waals surface area (Å²) in [6, 6.07) is 2.57. The molecule has 0 aromatic carbocycles. The molecular weight excluding hydrogens is 180 g/mol. The zero-order valence-electron chi connectivity index (χ0n) is 7.47. The highest BCUT2D eigenvalue weighted by Crippen LogP contribution is 1.99. The molecule has 1 aromatic rings. The number of hydrogen-bond donors (Lipinski definition) is 2. The third kappa shape index (κ3) is 2.84. The van der Waals surface area contributed by atoms with E-state index in [0.717, 1.165) is 0 Å². The fourth-order valence-electron chi connectivity index (χ4n) is 0.807. The van der Waals surface area contributed by atoms with Gasteiger partial charge < -0.3 is 11.1 Å². The Labute approximate surface area is 81.7 Å². The summed E-state index contributed by atoms with van der Waals surface area (Å²) in [6.07, 6.45) is 6.73. The van der Waals surface area contributed by atoms with Crippen LogP contribution in [0.15, 0.2) is 18.3 Å². The molecule has 0 aliphatic heterocycles. The van der Waals surface area contributed by atoms with E-state index in [1.54, 1.807) is 12.1 Å². The molecule has 0 saturated carbocycles. The Bertz CT molecular complexity index is 344. The first-order chi connectivity index (χ1) is 6.74. The molecule has 0 aliphatic rings. The highest BCUT2D eigenvalue weighted by Gasteiger charge is 2.12. The summed E-state index contributed by atoms with van der Waals surface area (Å²) in [7, 11) is 0. The van der Waals surface area contributed by atoms with E-state index in [-0.39, 0.29) is 12.3 Å². The van der Waals surface area contributed by atoms with Crippen molar-refractivity contribution in [2.75, 3.05) is 5.32 Å². The van der Waals surface area contributed by atoms with E-state index >= 15 is 0 Å². The van der Waals surface area contributed by atoms with Gasteiger partial charge in [0.25, 0.3) is 0 Å². The first-order valence-corrected chi connectivity index (χ1v) is 4.01. The van der Waals surface area contributed by atoms with Crippen molar-refractivity contribution in [2.45, 2.75) is 12.5 Å². The predicted octanol–water partition coefficient (Wildman–Crippen LogP) is -0.234. The third-order valence-electron chi connectivity index (χ3n) is 1.50. The van der Waals surface area contributed by atoms with Crippen molar-refractivity contribution in [2.24, 2.45) is 5.73 Å². The summed E-state index contributed by atoms with van der Waals surface area (Å²) in [4.78, 5) is 11.3.